The lowest BCUT2D eigenvalue weighted by molar-refractivity contribution is -0.147. The van der Waals surface area contributed by atoms with Crippen molar-refractivity contribution in [2.24, 2.45) is 13.0 Å². The molecule has 0 spiro atoms. The number of esters is 1. The first-order chi connectivity index (χ1) is 16.0. The highest BCUT2D eigenvalue weighted by Gasteiger charge is 2.32. The molecule has 1 aromatic heterocycles. The van der Waals surface area contributed by atoms with E-state index in [-0.39, 0.29) is 36.7 Å². The lowest BCUT2D eigenvalue weighted by atomic mass is 10.1. The number of benzene rings is 1. The molecule has 2 fully saturated rings. The Balaban J connectivity index is 1.33. The van der Waals surface area contributed by atoms with Crippen molar-refractivity contribution in [1.29, 1.82) is 0 Å². The number of carbonyl (C=O) groups excluding carboxylic acids is 2. The summed E-state index contributed by atoms with van der Waals surface area (Å²) < 4.78 is 18.4. The number of ether oxygens (including phenoxy) is 3. The third-order valence-electron chi connectivity index (χ3n) is 6.55. The Bertz CT molecular complexity index is 949. The molecule has 0 radical (unpaired) electrons. The second-order valence-electron chi connectivity index (χ2n) is 8.86. The molecule has 2 saturated carbocycles. The average molecular weight is 456 g/mol. The Labute approximate surface area is 194 Å². The number of amides is 1. The zero-order valence-electron chi connectivity index (χ0n) is 19.4. The van der Waals surface area contributed by atoms with Crippen LogP contribution >= 0.6 is 0 Å². The maximum absolute atomic E-state index is 12.2. The van der Waals surface area contributed by atoms with Gasteiger partial charge in [0.05, 0.1) is 30.5 Å². The van der Waals surface area contributed by atoms with Crippen molar-refractivity contribution < 1.29 is 23.8 Å². The van der Waals surface area contributed by atoms with Crippen LogP contribution in [-0.2, 0) is 27.9 Å². The van der Waals surface area contributed by atoms with Crippen molar-refractivity contribution >= 4 is 12.1 Å². The molecule has 2 aliphatic carbocycles. The van der Waals surface area contributed by atoms with Gasteiger partial charge in [-0.15, -0.1) is 0 Å². The fourth-order valence-electron chi connectivity index (χ4n) is 4.71. The van der Waals surface area contributed by atoms with Crippen LogP contribution in [0.4, 0.5) is 4.79 Å². The van der Waals surface area contributed by atoms with E-state index in [2.05, 4.69) is 10.4 Å². The monoisotopic (exact) mass is 455 g/mol. The number of carbonyl (C=O) groups is 2. The number of nitrogens with one attached hydrogen (secondary N) is 1. The standard InChI is InChI=1S/C25H33N3O5/c1-3-31-24(29)18-10-13-21(14-18)33-20-11-8-17(9-12-20)22-15-26-28(2)23(22)16-32-25(30)27-19-6-4-5-7-19/h8-9,11-12,15,18-19,21H,3-7,10,13-14,16H2,1-2H3,(H,27,30). The van der Waals surface area contributed by atoms with Crippen LogP contribution in [0.3, 0.4) is 0 Å². The van der Waals surface area contributed by atoms with Crippen LogP contribution < -0.4 is 10.1 Å². The average Bonchev–Trinajstić information content (AvgIpc) is 3.55. The van der Waals surface area contributed by atoms with Crippen molar-refractivity contribution in [3.63, 3.8) is 0 Å². The van der Waals surface area contributed by atoms with Crippen molar-refractivity contribution in [2.75, 3.05) is 6.61 Å². The van der Waals surface area contributed by atoms with Crippen molar-refractivity contribution in [2.45, 2.75) is 70.6 Å². The molecule has 2 aliphatic rings. The predicted molar refractivity (Wildman–Crippen MR) is 123 cm³/mol. The zero-order valence-corrected chi connectivity index (χ0v) is 19.4. The molecule has 8 nitrogen and oxygen atoms in total. The molecule has 2 atom stereocenters. The molecule has 2 unspecified atom stereocenters. The lowest BCUT2D eigenvalue weighted by Gasteiger charge is -2.15. The number of alkyl carbamates (subject to hydrolysis) is 1. The number of hydrogen-bond acceptors (Lipinski definition) is 6. The van der Waals surface area contributed by atoms with Crippen LogP contribution in [0.15, 0.2) is 30.5 Å². The molecule has 1 aromatic carbocycles. The molecule has 0 bridgehead atoms. The summed E-state index contributed by atoms with van der Waals surface area (Å²) in [7, 11) is 1.84. The summed E-state index contributed by atoms with van der Waals surface area (Å²) in [5, 5.41) is 7.29. The Kier molecular flexibility index (Phi) is 7.52. The van der Waals surface area contributed by atoms with E-state index < -0.39 is 0 Å². The van der Waals surface area contributed by atoms with E-state index in [1.165, 1.54) is 0 Å². The van der Waals surface area contributed by atoms with Gasteiger partial charge in [0.15, 0.2) is 0 Å². The van der Waals surface area contributed by atoms with E-state index in [0.717, 1.165) is 61.1 Å². The van der Waals surface area contributed by atoms with Gasteiger partial charge in [0, 0.05) is 18.7 Å². The zero-order chi connectivity index (χ0) is 23.2. The molecule has 178 valence electrons. The summed E-state index contributed by atoms with van der Waals surface area (Å²) in [6.45, 7) is 2.39. The Hall–Kier alpha value is -3.03. The van der Waals surface area contributed by atoms with Gasteiger partial charge in [0.25, 0.3) is 0 Å². The first-order valence-electron chi connectivity index (χ1n) is 11.9. The second-order valence-corrected chi connectivity index (χ2v) is 8.86. The molecule has 4 rings (SSSR count). The Morgan fingerprint density at radius 2 is 1.85 bits per heavy atom. The van der Waals surface area contributed by atoms with E-state index in [9.17, 15) is 9.59 Å². The summed E-state index contributed by atoms with van der Waals surface area (Å²) in [5.41, 5.74) is 2.72. The molecular formula is C25H33N3O5. The quantitative estimate of drug-likeness (QED) is 0.595. The van der Waals surface area contributed by atoms with Gasteiger partial charge in [-0.3, -0.25) is 9.48 Å². The van der Waals surface area contributed by atoms with E-state index in [0.29, 0.717) is 13.0 Å². The fourth-order valence-corrected chi connectivity index (χ4v) is 4.71. The van der Waals surface area contributed by atoms with Gasteiger partial charge in [-0.25, -0.2) is 4.79 Å². The summed E-state index contributed by atoms with van der Waals surface area (Å²) in [4.78, 5) is 24.1. The van der Waals surface area contributed by atoms with Gasteiger partial charge in [-0.2, -0.15) is 5.10 Å². The molecule has 1 amide bonds. The topological polar surface area (TPSA) is 91.7 Å². The van der Waals surface area contributed by atoms with Gasteiger partial charge in [0.1, 0.15) is 12.4 Å². The van der Waals surface area contributed by atoms with Gasteiger partial charge in [-0.1, -0.05) is 25.0 Å². The van der Waals surface area contributed by atoms with Crippen molar-refractivity contribution in [1.82, 2.24) is 15.1 Å². The normalized spacial score (nSPS) is 20.5. The van der Waals surface area contributed by atoms with Crippen LogP contribution in [0.1, 0.15) is 57.6 Å². The Morgan fingerprint density at radius 3 is 2.58 bits per heavy atom. The molecule has 1 N–H and O–H groups in total. The number of aromatic nitrogens is 2. The van der Waals surface area contributed by atoms with Crippen LogP contribution in [0.5, 0.6) is 5.75 Å². The van der Waals surface area contributed by atoms with Gasteiger partial charge in [0.2, 0.25) is 0 Å². The number of rotatable bonds is 8. The van der Waals surface area contributed by atoms with E-state index in [1.54, 1.807) is 10.9 Å². The summed E-state index contributed by atoms with van der Waals surface area (Å²) in [5.74, 6) is 0.575. The summed E-state index contributed by atoms with van der Waals surface area (Å²) in [6, 6.07) is 8.04. The maximum atomic E-state index is 12.2. The summed E-state index contributed by atoms with van der Waals surface area (Å²) in [6.07, 6.45) is 8.11. The van der Waals surface area contributed by atoms with E-state index in [1.807, 2.05) is 38.2 Å². The van der Waals surface area contributed by atoms with Crippen molar-refractivity contribution in [3.8, 4) is 16.9 Å². The molecular weight excluding hydrogens is 422 g/mol. The predicted octanol–water partition coefficient (Wildman–Crippen LogP) is 4.37. The largest absolute Gasteiger partial charge is 0.490 e. The first-order valence-corrected chi connectivity index (χ1v) is 11.9. The summed E-state index contributed by atoms with van der Waals surface area (Å²) >= 11 is 0. The fraction of sp³-hybridized carbons (Fsp3) is 0.560. The number of aryl methyl sites for hydroxylation is 1. The SMILES string of the molecule is CCOC(=O)C1CCC(Oc2ccc(-c3cnn(C)c3COC(=O)NC3CCCC3)cc2)C1. The number of nitrogens with zero attached hydrogens (tertiary/aromatic N) is 2. The minimum absolute atomic E-state index is 0.0194. The first kappa shape index (κ1) is 23.1. The minimum atomic E-state index is -0.379. The van der Waals surface area contributed by atoms with Crippen LogP contribution in [0.2, 0.25) is 0 Å². The smallest absolute Gasteiger partial charge is 0.407 e. The molecule has 33 heavy (non-hydrogen) atoms. The third-order valence-corrected chi connectivity index (χ3v) is 6.55. The van der Waals surface area contributed by atoms with Gasteiger partial charge in [-0.05, 0) is 56.7 Å². The van der Waals surface area contributed by atoms with Gasteiger partial charge < -0.3 is 19.5 Å². The minimum Gasteiger partial charge on any atom is -0.490 e. The maximum Gasteiger partial charge on any atom is 0.407 e. The molecule has 2 aromatic rings. The number of hydrogen-bond donors (Lipinski definition) is 1. The van der Waals surface area contributed by atoms with E-state index >= 15 is 0 Å². The van der Waals surface area contributed by atoms with Crippen molar-refractivity contribution in [3.05, 3.63) is 36.2 Å². The molecule has 8 heteroatoms. The van der Waals surface area contributed by atoms with Crippen LogP contribution in [0, 0.1) is 5.92 Å². The Morgan fingerprint density at radius 1 is 1.09 bits per heavy atom. The van der Waals surface area contributed by atoms with E-state index in [4.69, 9.17) is 14.2 Å². The molecule has 0 saturated heterocycles. The van der Waals surface area contributed by atoms with Gasteiger partial charge >= 0.3 is 12.1 Å². The third kappa shape index (κ3) is 5.86. The highest BCUT2D eigenvalue weighted by molar-refractivity contribution is 5.73. The molecule has 1 heterocycles. The molecule has 0 aliphatic heterocycles. The lowest BCUT2D eigenvalue weighted by Crippen LogP contribution is -2.33. The second kappa shape index (κ2) is 10.7. The van der Waals surface area contributed by atoms with Crippen LogP contribution in [0.25, 0.3) is 11.1 Å². The highest BCUT2D eigenvalue weighted by Crippen LogP contribution is 2.32. The highest BCUT2D eigenvalue weighted by atomic mass is 16.5. The van der Waals surface area contributed by atoms with Crippen LogP contribution in [-0.4, -0.2) is 40.6 Å².